The van der Waals surface area contributed by atoms with Crippen LogP contribution in [0.25, 0.3) is 21.8 Å². The Morgan fingerprint density at radius 1 is 1.25 bits per heavy atom. The van der Waals surface area contributed by atoms with E-state index >= 15 is 0 Å². The molecule has 0 spiro atoms. The van der Waals surface area contributed by atoms with E-state index in [2.05, 4.69) is 9.97 Å². The first-order valence-electron chi connectivity index (χ1n) is 4.89. The van der Waals surface area contributed by atoms with Crippen molar-refractivity contribution < 1.29 is 4.74 Å². The molecule has 3 aromatic rings. The van der Waals surface area contributed by atoms with Crippen LogP contribution in [0, 0.1) is 0 Å². The molecule has 0 unspecified atom stereocenters. The van der Waals surface area contributed by atoms with E-state index in [1.807, 2.05) is 18.2 Å². The molecule has 0 amide bonds. The molecular weight excluding hydrogens is 224 g/mol. The van der Waals surface area contributed by atoms with E-state index in [0.29, 0.717) is 10.8 Å². The fourth-order valence-electron chi connectivity index (χ4n) is 1.97. The predicted octanol–water partition coefficient (Wildman–Crippen LogP) is 3.38. The first-order chi connectivity index (χ1) is 7.81. The van der Waals surface area contributed by atoms with Crippen LogP contribution in [0.15, 0.2) is 30.6 Å². The molecule has 0 saturated heterocycles. The second-order valence-corrected chi connectivity index (χ2v) is 3.96. The monoisotopic (exact) mass is 232 g/mol. The summed E-state index contributed by atoms with van der Waals surface area (Å²) in [6, 6.07) is 5.80. The summed E-state index contributed by atoms with van der Waals surface area (Å²) in [6.45, 7) is 0. The van der Waals surface area contributed by atoms with E-state index in [1.54, 1.807) is 19.5 Å². The number of hydrogen-bond acceptors (Lipinski definition) is 2. The lowest BCUT2D eigenvalue weighted by Crippen LogP contribution is -1.85. The quantitative estimate of drug-likeness (QED) is 0.699. The van der Waals surface area contributed by atoms with Crippen molar-refractivity contribution in [3.8, 4) is 5.75 Å². The fraction of sp³-hybridized carbons (Fsp3) is 0.0833. The van der Waals surface area contributed by atoms with Crippen LogP contribution in [0.1, 0.15) is 0 Å². The number of nitrogens with zero attached hydrogens (tertiary/aromatic N) is 1. The SMILES string of the molecule is COc1c(Cl)ccc2c1[nH]c1cnccc12. The minimum atomic E-state index is 0.606. The van der Waals surface area contributed by atoms with Crippen LogP contribution >= 0.6 is 11.6 Å². The Hall–Kier alpha value is -1.74. The summed E-state index contributed by atoms with van der Waals surface area (Å²) in [7, 11) is 1.62. The van der Waals surface area contributed by atoms with Crippen molar-refractivity contribution in [1.29, 1.82) is 0 Å². The first-order valence-corrected chi connectivity index (χ1v) is 5.27. The van der Waals surface area contributed by atoms with Gasteiger partial charge in [-0.3, -0.25) is 4.98 Å². The molecule has 0 radical (unpaired) electrons. The number of fused-ring (bicyclic) bond motifs is 3. The fourth-order valence-corrected chi connectivity index (χ4v) is 2.20. The lowest BCUT2D eigenvalue weighted by molar-refractivity contribution is 0.419. The van der Waals surface area contributed by atoms with Gasteiger partial charge in [0.25, 0.3) is 0 Å². The van der Waals surface area contributed by atoms with Crippen LogP contribution in [0.3, 0.4) is 0 Å². The minimum absolute atomic E-state index is 0.606. The first kappa shape index (κ1) is 9.48. The van der Waals surface area contributed by atoms with E-state index in [9.17, 15) is 0 Å². The van der Waals surface area contributed by atoms with Gasteiger partial charge in [-0.05, 0) is 12.1 Å². The van der Waals surface area contributed by atoms with Gasteiger partial charge in [0.2, 0.25) is 0 Å². The number of ether oxygens (including phenoxy) is 1. The van der Waals surface area contributed by atoms with E-state index in [4.69, 9.17) is 16.3 Å². The molecule has 2 aromatic heterocycles. The molecule has 0 saturated carbocycles. The number of rotatable bonds is 1. The molecule has 0 aliphatic rings. The van der Waals surface area contributed by atoms with Crippen LogP contribution in [-0.2, 0) is 0 Å². The van der Waals surface area contributed by atoms with Gasteiger partial charge in [-0.1, -0.05) is 17.7 Å². The standard InChI is InChI=1S/C12H9ClN2O/c1-16-12-9(13)3-2-8-7-4-5-14-6-10(7)15-11(8)12/h2-6,15H,1H3. The Balaban J connectivity index is 2.54. The number of hydrogen-bond donors (Lipinski definition) is 1. The van der Waals surface area contributed by atoms with Gasteiger partial charge in [0.05, 0.1) is 29.4 Å². The van der Waals surface area contributed by atoms with Crippen LogP contribution in [-0.4, -0.2) is 17.1 Å². The molecule has 3 nitrogen and oxygen atoms in total. The zero-order valence-electron chi connectivity index (χ0n) is 8.62. The third-order valence-electron chi connectivity index (χ3n) is 2.68. The van der Waals surface area contributed by atoms with Crippen LogP contribution < -0.4 is 4.74 Å². The topological polar surface area (TPSA) is 37.9 Å². The Labute approximate surface area is 97.0 Å². The average molecular weight is 233 g/mol. The third-order valence-corrected chi connectivity index (χ3v) is 2.98. The Kier molecular flexibility index (Phi) is 2.01. The lowest BCUT2D eigenvalue weighted by atomic mass is 10.2. The average Bonchev–Trinajstić information content (AvgIpc) is 2.67. The zero-order chi connectivity index (χ0) is 11.1. The van der Waals surface area contributed by atoms with Crippen molar-refractivity contribution in [1.82, 2.24) is 9.97 Å². The normalized spacial score (nSPS) is 11.1. The lowest BCUT2D eigenvalue weighted by Gasteiger charge is -2.03. The molecule has 1 aromatic carbocycles. The van der Waals surface area contributed by atoms with Crippen LogP contribution in [0.5, 0.6) is 5.75 Å². The van der Waals surface area contributed by atoms with Gasteiger partial charge in [-0.2, -0.15) is 0 Å². The molecule has 0 atom stereocenters. The molecule has 4 heteroatoms. The van der Waals surface area contributed by atoms with Crippen molar-refractivity contribution >= 4 is 33.4 Å². The largest absolute Gasteiger partial charge is 0.493 e. The molecule has 0 aliphatic carbocycles. The highest BCUT2D eigenvalue weighted by Crippen LogP contribution is 2.36. The van der Waals surface area contributed by atoms with E-state index < -0.39 is 0 Å². The summed E-state index contributed by atoms with van der Waals surface area (Å²) < 4.78 is 5.30. The van der Waals surface area contributed by atoms with Crippen LogP contribution in [0.2, 0.25) is 5.02 Å². The maximum Gasteiger partial charge on any atom is 0.161 e. The summed E-state index contributed by atoms with van der Waals surface area (Å²) >= 11 is 6.07. The number of pyridine rings is 1. The van der Waals surface area contributed by atoms with Gasteiger partial charge in [-0.25, -0.2) is 0 Å². The van der Waals surface area contributed by atoms with E-state index in [0.717, 1.165) is 21.8 Å². The highest BCUT2D eigenvalue weighted by Gasteiger charge is 2.11. The molecular formula is C12H9ClN2O. The van der Waals surface area contributed by atoms with Crippen molar-refractivity contribution in [3.63, 3.8) is 0 Å². The highest BCUT2D eigenvalue weighted by atomic mass is 35.5. The third kappa shape index (κ3) is 1.18. The molecule has 16 heavy (non-hydrogen) atoms. The van der Waals surface area contributed by atoms with Gasteiger partial charge in [0.1, 0.15) is 0 Å². The molecule has 80 valence electrons. The second kappa shape index (κ2) is 3.39. The van der Waals surface area contributed by atoms with Crippen molar-refractivity contribution in [3.05, 3.63) is 35.6 Å². The highest BCUT2D eigenvalue weighted by molar-refractivity contribution is 6.33. The second-order valence-electron chi connectivity index (χ2n) is 3.55. The maximum absolute atomic E-state index is 6.07. The smallest absolute Gasteiger partial charge is 0.161 e. The number of aromatic amines is 1. The number of nitrogens with one attached hydrogen (secondary N) is 1. The Bertz CT molecular complexity index is 675. The summed E-state index contributed by atoms with van der Waals surface area (Å²) in [5, 5.41) is 2.83. The van der Waals surface area contributed by atoms with Crippen LogP contribution in [0.4, 0.5) is 0 Å². The predicted molar refractivity (Wildman–Crippen MR) is 65.2 cm³/mol. The van der Waals surface area contributed by atoms with Gasteiger partial charge < -0.3 is 9.72 Å². The van der Waals surface area contributed by atoms with E-state index in [-0.39, 0.29) is 0 Å². The molecule has 0 fully saturated rings. The summed E-state index contributed by atoms with van der Waals surface area (Å²) in [4.78, 5) is 7.35. The number of halogens is 1. The number of benzene rings is 1. The molecule has 2 heterocycles. The maximum atomic E-state index is 6.07. The number of H-pyrrole nitrogens is 1. The van der Waals surface area contributed by atoms with Gasteiger partial charge in [0.15, 0.2) is 5.75 Å². The molecule has 3 rings (SSSR count). The van der Waals surface area contributed by atoms with Crippen molar-refractivity contribution in [2.75, 3.05) is 7.11 Å². The van der Waals surface area contributed by atoms with Crippen molar-refractivity contribution in [2.24, 2.45) is 0 Å². The minimum Gasteiger partial charge on any atom is -0.493 e. The van der Waals surface area contributed by atoms with E-state index in [1.165, 1.54) is 0 Å². The molecule has 1 N–H and O–H groups in total. The summed E-state index contributed by atoms with van der Waals surface area (Å²) in [6.07, 6.45) is 3.57. The number of aromatic nitrogens is 2. The molecule has 0 bridgehead atoms. The number of methoxy groups -OCH3 is 1. The zero-order valence-corrected chi connectivity index (χ0v) is 9.38. The molecule has 0 aliphatic heterocycles. The summed E-state index contributed by atoms with van der Waals surface area (Å²) in [5.74, 6) is 0.676. The van der Waals surface area contributed by atoms with Gasteiger partial charge in [-0.15, -0.1) is 0 Å². The Morgan fingerprint density at radius 3 is 2.94 bits per heavy atom. The van der Waals surface area contributed by atoms with Crippen molar-refractivity contribution in [2.45, 2.75) is 0 Å². The van der Waals surface area contributed by atoms with Gasteiger partial charge >= 0.3 is 0 Å². The summed E-state index contributed by atoms with van der Waals surface area (Å²) in [5.41, 5.74) is 1.90. The Morgan fingerprint density at radius 2 is 2.12 bits per heavy atom. The van der Waals surface area contributed by atoms with Gasteiger partial charge in [0, 0.05) is 17.0 Å².